The molecule has 0 fully saturated rings. The summed E-state index contributed by atoms with van der Waals surface area (Å²) in [5.41, 5.74) is 0.369. The van der Waals surface area contributed by atoms with Crippen LogP contribution in [0.1, 0.15) is 46.5 Å². The molecule has 0 amide bonds. The lowest BCUT2D eigenvalue weighted by atomic mass is 9.85. The van der Waals surface area contributed by atoms with E-state index in [4.69, 9.17) is 0 Å². The van der Waals surface area contributed by atoms with Gasteiger partial charge in [-0.1, -0.05) is 27.2 Å². The van der Waals surface area contributed by atoms with Crippen LogP contribution < -0.4 is 6.15 Å². The minimum absolute atomic E-state index is 0. The Kier molecular flexibility index (Phi) is 7.92. The molecule has 0 heterocycles. The zero-order chi connectivity index (χ0) is 9.61. The highest BCUT2D eigenvalue weighted by molar-refractivity contribution is 5.68. The van der Waals surface area contributed by atoms with Crippen molar-refractivity contribution in [3.05, 3.63) is 0 Å². The average Bonchev–Trinajstić information content (AvgIpc) is 2.04. The van der Waals surface area contributed by atoms with Gasteiger partial charge in [0.1, 0.15) is 0 Å². The Bertz CT molecular complexity index is 144. The number of rotatable bonds is 5. The van der Waals surface area contributed by atoms with Gasteiger partial charge in [-0.25, -0.2) is 0 Å². The first-order valence-electron chi connectivity index (χ1n) is 4.58. The second kappa shape index (κ2) is 6.89. The lowest BCUT2D eigenvalue weighted by molar-refractivity contribution is -0.140. The van der Waals surface area contributed by atoms with Crippen molar-refractivity contribution < 1.29 is 9.53 Å². The van der Waals surface area contributed by atoms with Gasteiger partial charge in [0.15, 0.2) is 0 Å². The summed E-state index contributed by atoms with van der Waals surface area (Å²) in [6.45, 7) is 6.63. The van der Waals surface area contributed by atoms with E-state index in [1.54, 1.807) is 0 Å². The molecule has 0 aromatic heterocycles. The van der Waals surface area contributed by atoms with Crippen LogP contribution in [0.4, 0.5) is 0 Å². The molecule has 0 aliphatic rings. The number of carbonyl (C=O) groups excluding carboxylic acids is 1. The van der Waals surface area contributed by atoms with E-state index >= 15 is 0 Å². The summed E-state index contributed by atoms with van der Waals surface area (Å²) in [6, 6.07) is 0. The maximum absolute atomic E-state index is 10.8. The van der Waals surface area contributed by atoms with Crippen LogP contribution in [0, 0.1) is 5.41 Å². The van der Waals surface area contributed by atoms with Crippen molar-refractivity contribution in [2.45, 2.75) is 46.5 Å². The van der Waals surface area contributed by atoms with Gasteiger partial charge >= 0.3 is 5.97 Å². The molecule has 0 aromatic rings. The van der Waals surface area contributed by atoms with Crippen LogP contribution >= 0.6 is 0 Å². The quantitative estimate of drug-likeness (QED) is 0.676. The van der Waals surface area contributed by atoms with Gasteiger partial charge in [-0.3, -0.25) is 4.79 Å². The van der Waals surface area contributed by atoms with Crippen LogP contribution in [0.15, 0.2) is 0 Å². The molecule has 0 atom stereocenters. The summed E-state index contributed by atoms with van der Waals surface area (Å²) >= 11 is 0. The van der Waals surface area contributed by atoms with Crippen molar-refractivity contribution in [2.75, 3.05) is 7.11 Å². The molecule has 0 bridgehead atoms. The van der Waals surface area contributed by atoms with Crippen LogP contribution in [-0.2, 0) is 9.53 Å². The fraction of sp³-hybridized carbons (Fsp3) is 0.900. The highest BCUT2D eigenvalue weighted by Gasteiger charge is 2.14. The highest BCUT2D eigenvalue weighted by Crippen LogP contribution is 2.26. The van der Waals surface area contributed by atoms with Crippen molar-refractivity contribution in [3.63, 3.8) is 0 Å². The normalized spacial score (nSPS) is 10.5. The lowest BCUT2D eigenvalue weighted by Crippen LogP contribution is -2.10. The molecular formula is C10H23NO2. The molecule has 80 valence electrons. The van der Waals surface area contributed by atoms with Crippen LogP contribution in [0.5, 0.6) is 0 Å². The molecule has 0 saturated carbocycles. The van der Waals surface area contributed by atoms with E-state index in [0.29, 0.717) is 11.8 Å². The molecule has 0 aromatic carbocycles. The Hall–Kier alpha value is -0.570. The summed E-state index contributed by atoms with van der Waals surface area (Å²) in [5.74, 6) is -0.0955. The fourth-order valence-corrected chi connectivity index (χ4v) is 0.990. The van der Waals surface area contributed by atoms with Gasteiger partial charge in [0.2, 0.25) is 0 Å². The summed E-state index contributed by atoms with van der Waals surface area (Å²) in [5, 5.41) is 0. The molecule has 3 heteroatoms. The number of hydrogen-bond donors (Lipinski definition) is 1. The third-order valence-corrected chi connectivity index (χ3v) is 2.42. The molecule has 0 rings (SSSR count). The van der Waals surface area contributed by atoms with Crippen LogP contribution in [0.3, 0.4) is 0 Å². The van der Waals surface area contributed by atoms with Gasteiger partial charge in [-0.2, -0.15) is 0 Å². The largest absolute Gasteiger partial charge is 0.469 e. The van der Waals surface area contributed by atoms with Gasteiger partial charge in [0, 0.05) is 6.42 Å². The van der Waals surface area contributed by atoms with Gasteiger partial charge in [-0.05, 0) is 18.3 Å². The van der Waals surface area contributed by atoms with Crippen LogP contribution in [0.2, 0.25) is 0 Å². The zero-order valence-corrected chi connectivity index (χ0v) is 9.35. The SMILES string of the molecule is CCC(C)(C)CCCC(=O)OC.N. The zero-order valence-electron chi connectivity index (χ0n) is 9.35. The second-order valence-electron chi connectivity index (χ2n) is 3.95. The Balaban J connectivity index is 0. The second-order valence-corrected chi connectivity index (χ2v) is 3.95. The Morgan fingerprint density at radius 3 is 2.31 bits per heavy atom. The smallest absolute Gasteiger partial charge is 0.305 e. The maximum atomic E-state index is 10.8. The third-order valence-electron chi connectivity index (χ3n) is 2.42. The first-order chi connectivity index (χ1) is 5.52. The van der Waals surface area contributed by atoms with Crippen molar-refractivity contribution >= 4 is 5.97 Å². The van der Waals surface area contributed by atoms with E-state index in [1.165, 1.54) is 7.11 Å². The van der Waals surface area contributed by atoms with E-state index in [2.05, 4.69) is 25.5 Å². The van der Waals surface area contributed by atoms with Crippen LogP contribution in [0.25, 0.3) is 0 Å². The number of esters is 1. The Morgan fingerprint density at radius 1 is 1.38 bits per heavy atom. The summed E-state index contributed by atoms with van der Waals surface area (Å²) in [4.78, 5) is 10.8. The maximum Gasteiger partial charge on any atom is 0.305 e. The molecule has 3 nitrogen and oxygen atoms in total. The van der Waals surface area contributed by atoms with Crippen molar-refractivity contribution in [1.29, 1.82) is 0 Å². The number of ether oxygens (including phenoxy) is 1. The molecule has 0 spiro atoms. The predicted octanol–water partition coefficient (Wildman–Crippen LogP) is 2.93. The van der Waals surface area contributed by atoms with E-state index in [1.807, 2.05) is 0 Å². The van der Waals surface area contributed by atoms with E-state index in [0.717, 1.165) is 19.3 Å². The average molecular weight is 189 g/mol. The lowest BCUT2D eigenvalue weighted by Gasteiger charge is -2.21. The van der Waals surface area contributed by atoms with Crippen LogP contribution in [-0.4, -0.2) is 13.1 Å². The summed E-state index contributed by atoms with van der Waals surface area (Å²) in [7, 11) is 1.44. The molecule has 0 radical (unpaired) electrons. The highest BCUT2D eigenvalue weighted by atomic mass is 16.5. The molecule has 3 N–H and O–H groups in total. The molecule has 0 aliphatic carbocycles. The van der Waals surface area contributed by atoms with E-state index < -0.39 is 0 Å². The molecule has 0 saturated heterocycles. The topological polar surface area (TPSA) is 61.3 Å². The molecular weight excluding hydrogens is 166 g/mol. The number of carbonyl (C=O) groups is 1. The van der Waals surface area contributed by atoms with Gasteiger partial charge in [0.25, 0.3) is 0 Å². The third kappa shape index (κ3) is 7.78. The monoisotopic (exact) mass is 189 g/mol. The number of hydrogen-bond acceptors (Lipinski definition) is 3. The standard InChI is InChI=1S/C10H20O2.H3N/c1-5-10(2,3)8-6-7-9(11)12-4;/h5-8H2,1-4H3;1H3. The minimum Gasteiger partial charge on any atom is -0.469 e. The van der Waals surface area contributed by atoms with Crippen molar-refractivity contribution in [2.24, 2.45) is 5.41 Å². The molecule has 13 heavy (non-hydrogen) atoms. The summed E-state index contributed by atoms with van der Waals surface area (Å²) in [6.07, 6.45) is 3.75. The van der Waals surface area contributed by atoms with Crippen molar-refractivity contribution in [3.8, 4) is 0 Å². The number of methoxy groups -OCH3 is 1. The molecule has 0 unspecified atom stereocenters. The van der Waals surface area contributed by atoms with Gasteiger partial charge in [-0.15, -0.1) is 0 Å². The summed E-state index contributed by atoms with van der Waals surface area (Å²) < 4.78 is 4.56. The van der Waals surface area contributed by atoms with Crippen molar-refractivity contribution in [1.82, 2.24) is 6.15 Å². The van der Waals surface area contributed by atoms with E-state index in [9.17, 15) is 4.79 Å². The van der Waals surface area contributed by atoms with Gasteiger partial charge < -0.3 is 10.9 Å². The fourth-order valence-electron chi connectivity index (χ4n) is 0.990. The Morgan fingerprint density at radius 2 is 1.92 bits per heavy atom. The first-order valence-corrected chi connectivity index (χ1v) is 4.58. The van der Waals surface area contributed by atoms with Gasteiger partial charge in [0.05, 0.1) is 7.11 Å². The minimum atomic E-state index is -0.0955. The first kappa shape index (κ1) is 14.9. The predicted molar refractivity (Wildman–Crippen MR) is 55.0 cm³/mol. The van der Waals surface area contributed by atoms with E-state index in [-0.39, 0.29) is 12.1 Å². The molecule has 0 aliphatic heterocycles. The Labute approximate surface area is 81.4 Å².